The molecule has 0 radical (unpaired) electrons. The number of hydrogen-bond acceptors (Lipinski definition) is 4. The largest absolute Gasteiger partial charge is 0.329 e. The molecule has 2 aliphatic rings. The fraction of sp³-hybridized carbons (Fsp3) is 0.467. The lowest BCUT2D eigenvalue weighted by atomic mass is 9.92. The molecule has 1 aromatic carbocycles. The Bertz CT molecular complexity index is 726. The molecule has 0 aliphatic heterocycles. The summed E-state index contributed by atoms with van der Waals surface area (Å²) in [6, 6.07) is 5.36. The third-order valence-electron chi connectivity index (χ3n) is 4.54. The summed E-state index contributed by atoms with van der Waals surface area (Å²) in [6.07, 6.45) is 2.58. The number of rotatable bonds is 3. The first kappa shape index (κ1) is 15.0. The number of aryl methyl sites for hydroxylation is 1. The second kappa shape index (κ2) is 5.08. The molecule has 22 heavy (non-hydrogen) atoms. The van der Waals surface area contributed by atoms with Gasteiger partial charge in [0.1, 0.15) is 5.54 Å². The fourth-order valence-corrected chi connectivity index (χ4v) is 4.26. The quantitative estimate of drug-likeness (QED) is 0.882. The van der Waals surface area contributed by atoms with Crippen molar-refractivity contribution in [1.29, 1.82) is 0 Å². The minimum absolute atomic E-state index is 0.00614. The number of Topliss-reactive ketones (excluding diaryl/α,β-unsaturated/α-hetero) is 1. The average Bonchev–Trinajstić information content (AvgIpc) is 2.94. The molecule has 2 unspecified atom stereocenters. The van der Waals surface area contributed by atoms with Gasteiger partial charge in [0.15, 0.2) is 5.78 Å². The molecule has 2 bridgehead atoms. The molecule has 2 N–H and O–H groups in total. The van der Waals surface area contributed by atoms with E-state index in [1.807, 2.05) is 11.6 Å². The highest BCUT2D eigenvalue weighted by Gasteiger charge is 2.52. The molecule has 2 fully saturated rings. The maximum atomic E-state index is 12.2. The van der Waals surface area contributed by atoms with E-state index in [4.69, 9.17) is 0 Å². The van der Waals surface area contributed by atoms with Gasteiger partial charge in [0, 0.05) is 6.42 Å². The summed E-state index contributed by atoms with van der Waals surface area (Å²) in [5.41, 5.74) is 0.0632. The van der Waals surface area contributed by atoms with E-state index in [1.54, 1.807) is 12.1 Å². The minimum atomic E-state index is -3.93. The summed E-state index contributed by atoms with van der Waals surface area (Å²) in [5.74, 6) is 0.327. The zero-order valence-corrected chi connectivity index (χ0v) is 13.1. The molecule has 1 aromatic rings. The highest BCUT2D eigenvalue weighted by atomic mass is 32.2. The van der Waals surface area contributed by atoms with E-state index < -0.39 is 21.6 Å². The van der Waals surface area contributed by atoms with E-state index >= 15 is 0 Å². The topological polar surface area (TPSA) is 92.3 Å². The molecular formula is C15H18N2O4S. The maximum absolute atomic E-state index is 12.2. The van der Waals surface area contributed by atoms with Crippen molar-refractivity contribution in [2.45, 2.75) is 43.0 Å². The van der Waals surface area contributed by atoms with Crippen molar-refractivity contribution in [3.05, 3.63) is 29.8 Å². The Kier molecular flexibility index (Phi) is 3.47. The van der Waals surface area contributed by atoms with Gasteiger partial charge in [0.25, 0.3) is 10.0 Å². The molecule has 0 saturated heterocycles. The molecular weight excluding hydrogens is 304 g/mol. The van der Waals surface area contributed by atoms with Crippen LogP contribution in [-0.2, 0) is 14.8 Å². The fourth-order valence-electron chi connectivity index (χ4n) is 3.36. The van der Waals surface area contributed by atoms with Crippen molar-refractivity contribution < 1.29 is 18.0 Å². The van der Waals surface area contributed by atoms with Crippen LogP contribution in [0.25, 0.3) is 0 Å². The molecule has 6 nitrogen and oxygen atoms in total. The van der Waals surface area contributed by atoms with E-state index in [0.29, 0.717) is 25.2 Å². The van der Waals surface area contributed by atoms with Gasteiger partial charge in [-0.15, -0.1) is 0 Å². The van der Waals surface area contributed by atoms with Crippen LogP contribution in [0.5, 0.6) is 0 Å². The highest BCUT2D eigenvalue weighted by molar-refractivity contribution is 7.90. The normalized spacial score (nSPS) is 27.0. The summed E-state index contributed by atoms with van der Waals surface area (Å²) in [7, 11) is -3.93. The van der Waals surface area contributed by atoms with Crippen molar-refractivity contribution in [2.75, 3.05) is 0 Å². The highest BCUT2D eigenvalue weighted by Crippen LogP contribution is 2.45. The molecule has 0 spiro atoms. The van der Waals surface area contributed by atoms with Crippen LogP contribution in [0, 0.1) is 12.8 Å². The average molecular weight is 322 g/mol. The van der Waals surface area contributed by atoms with Crippen molar-refractivity contribution in [1.82, 2.24) is 10.0 Å². The second-order valence-electron chi connectivity index (χ2n) is 6.19. The van der Waals surface area contributed by atoms with Gasteiger partial charge < -0.3 is 5.32 Å². The number of amides is 2. The van der Waals surface area contributed by atoms with Gasteiger partial charge >= 0.3 is 6.03 Å². The molecule has 3 rings (SSSR count). The zero-order valence-electron chi connectivity index (χ0n) is 12.3. The second-order valence-corrected chi connectivity index (χ2v) is 7.87. The first-order chi connectivity index (χ1) is 10.3. The van der Waals surface area contributed by atoms with Crippen LogP contribution < -0.4 is 10.0 Å². The predicted molar refractivity (Wildman–Crippen MR) is 79.7 cm³/mol. The lowest BCUT2D eigenvalue weighted by molar-refractivity contribution is -0.123. The van der Waals surface area contributed by atoms with Crippen LogP contribution in [-0.4, -0.2) is 25.8 Å². The Balaban J connectivity index is 1.71. The Morgan fingerprint density at radius 1 is 1.27 bits per heavy atom. The number of carbonyl (C=O) groups excluding carboxylic acids is 2. The van der Waals surface area contributed by atoms with Crippen LogP contribution in [0.3, 0.4) is 0 Å². The summed E-state index contributed by atoms with van der Waals surface area (Å²) in [4.78, 5) is 24.0. The molecule has 2 aliphatic carbocycles. The smallest absolute Gasteiger partial charge is 0.325 e. The van der Waals surface area contributed by atoms with E-state index in [2.05, 4.69) is 5.32 Å². The Morgan fingerprint density at radius 2 is 1.95 bits per heavy atom. The lowest BCUT2D eigenvalue weighted by Crippen LogP contribution is -2.54. The van der Waals surface area contributed by atoms with E-state index in [9.17, 15) is 18.0 Å². The number of fused-ring (bicyclic) bond motifs is 2. The van der Waals surface area contributed by atoms with Crippen LogP contribution in [0.15, 0.2) is 29.2 Å². The standard InChI is InChI=1S/C15H18N2O4S/c1-10-2-4-12(5-3-10)22(20,21)17-14(19)16-15-7-6-11(9-15)8-13(15)18/h2-5,11H,6-9H2,1H3,(H2,16,17,19). The molecule has 7 heteroatoms. The maximum Gasteiger partial charge on any atom is 0.329 e. The number of benzene rings is 1. The van der Waals surface area contributed by atoms with Crippen molar-refractivity contribution in [2.24, 2.45) is 5.92 Å². The Labute approximate surface area is 129 Å². The first-order valence-corrected chi connectivity index (χ1v) is 8.74. The first-order valence-electron chi connectivity index (χ1n) is 7.26. The summed E-state index contributed by atoms with van der Waals surface area (Å²) in [6.45, 7) is 1.85. The number of sulfonamides is 1. The van der Waals surface area contributed by atoms with Crippen molar-refractivity contribution >= 4 is 21.8 Å². The van der Waals surface area contributed by atoms with Crippen molar-refractivity contribution in [3.8, 4) is 0 Å². The third-order valence-corrected chi connectivity index (χ3v) is 5.88. The van der Waals surface area contributed by atoms with Gasteiger partial charge in [-0.25, -0.2) is 17.9 Å². The van der Waals surface area contributed by atoms with Crippen LogP contribution in [0.2, 0.25) is 0 Å². The number of hydrogen-bond donors (Lipinski definition) is 2. The molecule has 0 heterocycles. The Hall–Kier alpha value is -1.89. The van der Waals surface area contributed by atoms with Gasteiger partial charge in [-0.3, -0.25) is 4.79 Å². The SMILES string of the molecule is Cc1ccc(S(=O)(=O)NC(=O)NC23CCC(CC2=O)C3)cc1. The van der Waals surface area contributed by atoms with Crippen LogP contribution in [0.4, 0.5) is 4.79 Å². The zero-order chi connectivity index (χ0) is 16.0. The molecule has 0 aromatic heterocycles. The van der Waals surface area contributed by atoms with Gasteiger partial charge in [-0.1, -0.05) is 17.7 Å². The van der Waals surface area contributed by atoms with Gasteiger partial charge in [-0.2, -0.15) is 0 Å². The van der Waals surface area contributed by atoms with E-state index in [0.717, 1.165) is 12.0 Å². The van der Waals surface area contributed by atoms with Gasteiger partial charge in [0.2, 0.25) is 0 Å². The third kappa shape index (κ3) is 2.61. The summed E-state index contributed by atoms with van der Waals surface area (Å²) < 4.78 is 26.3. The van der Waals surface area contributed by atoms with Gasteiger partial charge in [0.05, 0.1) is 4.90 Å². The van der Waals surface area contributed by atoms with Crippen LogP contribution >= 0.6 is 0 Å². The monoisotopic (exact) mass is 322 g/mol. The lowest BCUT2D eigenvalue weighted by Gasteiger charge is -2.26. The number of carbonyl (C=O) groups is 2. The van der Waals surface area contributed by atoms with Crippen molar-refractivity contribution in [3.63, 3.8) is 0 Å². The van der Waals surface area contributed by atoms with E-state index in [-0.39, 0.29) is 10.7 Å². The number of urea groups is 1. The molecule has 2 saturated carbocycles. The molecule has 2 amide bonds. The molecule has 2 atom stereocenters. The summed E-state index contributed by atoms with van der Waals surface area (Å²) in [5, 5.41) is 2.59. The van der Waals surface area contributed by atoms with E-state index in [1.165, 1.54) is 12.1 Å². The Morgan fingerprint density at radius 3 is 2.50 bits per heavy atom. The minimum Gasteiger partial charge on any atom is -0.325 e. The number of ketones is 1. The van der Waals surface area contributed by atoms with Gasteiger partial charge in [-0.05, 0) is 44.2 Å². The number of nitrogens with one attached hydrogen (secondary N) is 2. The predicted octanol–water partition coefficient (Wildman–Crippen LogP) is 1.49. The van der Waals surface area contributed by atoms with Crippen LogP contribution in [0.1, 0.15) is 31.2 Å². The summed E-state index contributed by atoms with van der Waals surface area (Å²) >= 11 is 0. The molecule has 118 valence electrons.